The van der Waals surface area contributed by atoms with Gasteiger partial charge in [0.1, 0.15) is 5.82 Å². The molecule has 1 saturated heterocycles. The zero-order valence-electron chi connectivity index (χ0n) is 15.3. The highest BCUT2D eigenvalue weighted by Gasteiger charge is 2.19. The van der Waals surface area contributed by atoms with E-state index in [1.807, 2.05) is 16.6 Å². The highest BCUT2D eigenvalue weighted by Crippen LogP contribution is 2.16. The van der Waals surface area contributed by atoms with Gasteiger partial charge in [0.15, 0.2) is 11.5 Å². The Morgan fingerprint density at radius 2 is 1.85 bits per heavy atom. The molecule has 0 amide bonds. The SMILES string of the molecule is CCc1nnc2ccc(NC3CCN(CCc4ccccc4)CC3)nn12. The second-order valence-electron chi connectivity index (χ2n) is 6.95. The molecule has 6 nitrogen and oxygen atoms in total. The first-order chi connectivity index (χ1) is 12.8. The molecule has 1 aliphatic heterocycles. The maximum absolute atomic E-state index is 4.66. The Balaban J connectivity index is 1.29. The van der Waals surface area contributed by atoms with E-state index in [4.69, 9.17) is 0 Å². The van der Waals surface area contributed by atoms with Crippen molar-refractivity contribution < 1.29 is 0 Å². The number of aromatic nitrogens is 4. The Bertz CT molecular complexity index is 836. The molecule has 26 heavy (non-hydrogen) atoms. The average Bonchev–Trinajstić information content (AvgIpc) is 3.11. The average molecular weight is 350 g/mol. The van der Waals surface area contributed by atoms with Gasteiger partial charge in [-0.1, -0.05) is 37.3 Å². The Labute approximate surface area is 154 Å². The van der Waals surface area contributed by atoms with Gasteiger partial charge in [0, 0.05) is 32.1 Å². The number of anilines is 1. The third kappa shape index (κ3) is 3.85. The fraction of sp³-hybridized carbons (Fsp3) is 0.450. The molecule has 0 unspecified atom stereocenters. The van der Waals surface area contributed by atoms with Gasteiger partial charge in [-0.25, -0.2) is 0 Å². The van der Waals surface area contributed by atoms with E-state index in [0.29, 0.717) is 6.04 Å². The summed E-state index contributed by atoms with van der Waals surface area (Å²) in [7, 11) is 0. The van der Waals surface area contributed by atoms with Gasteiger partial charge in [0.05, 0.1) is 0 Å². The second kappa shape index (κ2) is 7.83. The summed E-state index contributed by atoms with van der Waals surface area (Å²) in [5, 5.41) is 16.6. The molecule has 136 valence electrons. The lowest BCUT2D eigenvalue weighted by atomic mass is 10.0. The van der Waals surface area contributed by atoms with Crippen molar-refractivity contribution in [2.75, 3.05) is 25.0 Å². The normalized spacial score (nSPS) is 16.2. The van der Waals surface area contributed by atoms with Crippen LogP contribution in [0, 0.1) is 0 Å². The second-order valence-corrected chi connectivity index (χ2v) is 6.95. The first-order valence-corrected chi connectivity index (χ1v) is 9.56. The van der Waals surface area contributed by atoms with Gasteiger partial charge in [-0.15, -0.1) is 15.3 Å². The minimum Gasteiger partial charge on any atom is -0.366 e. The van der Waals surface area contributed by atoms with Crippen LogP contribution >= 0.6 is 0 Å². The smallest absolute Gasteiger partial charge is 0.178 e. The van der Waals surface area contributed by atoms with Crippen LogP contribution in [0.4, 0.5) is 5.82 Å². The van der Waals surface area contributed by atoms with Crippen LogP contribution in [0.2, 0.25) is 0 Å². The van der Waals surface area contributed by atoms with E-state index in [9.17, 15) is 0 Å². The number of hydrogen-bond acceptors (Lipinski definition) is 5. The van der Waals surface area contributed by atoms with Crippen LogP contribution in [0.25, 0.3) is 5.65 Å². The van der Waals surface area contributed by atoms with E-state index < -0.39 is 0 Å². The number of benzene rings is 1. The van der Waals surface area contributed by atoms with Crippen molar-refractivity contribution in [1.82, 2.24) is 24.7 Å². The third-order valence-corrected chi connectivity index (χ3v) is 5.14. The number of aryl methyl sites for hydroxylation is 1. The monoisotopic (exact) mass is 350 g/mol. The molecule has 2 aromatic heterocycles. The number of fused-ring (bicyclic) bond motifs is 1. The van der Waals surface area contributed by atoms with Crippen molar-refractivity contribution in [1.29, 1.82) is 0 Å². The molecule has 0 spiro atoms. The minimum absolute atomic E-state index is 0.481. The highest BCUT2D eigenvalue weighted by atomic mass is 15.4. The standard InChI is InChI=1S/C20H26N6/c1-2-19-22-23-20-9-8-18(24-26(19)20)21-17-11-14-25(15-12-17)13-10-16-6-4-3-5-7-16/h3-9,17H,2,10-15H2,1H3,(H,21,24). The summed E-state index contributed by atoms with van der Waals surface area (Å²) in [5.74, 6) is 1.81. The molecule has 0 saturated carbocycles. The van der Waals surface area contributed by atoms with E-state index in [0.717, 1.165) is 62.6 Å². The molecule has 1 aromatic carbocycles. The molecule has 3 aromatic rings. The van der Waals surface area contributed by atoms with Crippen molar-refractivity contribution >= 4 is 11.5 Å². The summed E-state index contributed by atoms with van der Waals surface area (Å²) in [6.45, 7) is 5.49. The summed E-state index contributed by atoms with van der Waals surface area (Å²) in [5.41, 5.74) is 2.23. The van der Waals surface area contributed by atoms with Gasteiger partial charge in [-0.05, 0) is 37.0 Å². The molecular weight excluding hydrogens is 324 g/mol. The number of nitrogens with zero attached hydrogens (tertiary/aromatic N) is 5. The lowest BCUT2D eigenvalue weighted by Gasteiger charge is -2.32. The minimum atomic E-state index is 0.481. The van der Waals surface area contributed by atoms with E-state index in [2.05, 4.69) is 62.8 Å². The number of piperidine rings is 1. The molecule has 3 heterocycles. The molecule has 1 fully saturated rings. The Morgan fingerprint density at radius 1 is 1.04 bits per heavy atom. The Kier molecular flexibility index (Phi) is 5.11. The van der Waals surface area contributed by atoms with Crippen LogP contribution < -0.4 is 5.32 Å². The van der Waals surface area contributed by atoms with Crippen LogP contribution in [-0.2, 0) is 12.8 Å². The van der Waals surface area contributed by atoms with Gasteiger partial charge in [-0.2, -0.15) is 4.52 Å². The van der Waals surface area contributed by atoms with Gasteiger partial charge in [0.2, 0.25) is 0 Å². The van der Waals surface area contributed by atoms with Crippen molar-refractivity contribution in [3.8, 4) is 0 Å². The molecular formula is C20H26N6. The van der Waals surface area contributed by atoms with Crippen molar-refractivity contribution in [2.24, 2.45) is 0 Å². The van der Waals surface area contributed by atoms with Crippen molar-refractivity contribution in [3.05, 3.63) is 53.9 Å². The summed E-state index contributed by atoms with van der Waals surface area (Å²) in [4.78, 5) is 2.57. The molecule has 6 heteroatoms. The Morgan fingerprint density at radius 3 is 2.62 bits per heavy atom. The zero-order chi connectivity index (χ0) is 17.8. The lowest BCUT2D eigenvalue weighted by molar-refractivity contribution is 0.221. The van der Waals surface area contributed by atoms with E-state index in [1.165, 1.54) is 5.56 Å². The molecule has 4 rings (SSSR count). The van der Waals surface area contributed by atoms with Crippen molar-refractivity contribution in [2.45, 2.75) is 38.6 Å². The Hall–Kier alpha value is -2.47. The molecule has 0 atom stereocenters. The maximum atomic E-state index is 4.66. The number of likely N-dealkylation sites (tertiary alicyclic amines) is 1. The van der Waals surface area contributed by atoms with Crippen LogP contribution in [0.15, 0.2) is 42.5 Å². The maximum Gasteiger partial charge on any atom is 0.178 e. The van der Waals surface area contributed by atoms with E-state index in [-0.39, 0.29) is 0 Å². The number of nitrogens with one attached hydrogen (secondary N) is 1. The zero-order valence-corrected chi connectivity index (χ0v) is 15.3. The van der Waals surface area contributed by atoms with Gasteiger partial charge < -0.3 is 10.2 Å². The fourth-order valence-electron chi connectivity index (χ4n) is 3.57. The fourth-order valence-corrected chi connectivity index (χ4v) is 3.57. The highest BCUT2D eigenvalue weighted by molar-refractivity contribution is 5.44. The topological polar surface area (TPSA) is 58.4 Å². The first-order valence-electron chi connectivity index (χ1n) is 9.56. The van der Waals surface area contributed by atoms with Crippen LogP contribution in [-0.4, -0.2) is 50.4 Å². The quantitative estimate of drug-likeness (QED) is 0.741. The van der Waals surface area contributed by atoms with E-state index in [1.54, 1.807) is 0 Å². The molecule has 0 radical (unpaired) electrons. The largest absolute Gasteiger partial charge is 0.366 e. The van der Waals surface area contributed by atoms with Gasteiger partial charge >= 0.3 is 0 Å². The summed E-state index contributed by atoms with van der Waals surface area (Å²) < 4.78 is 1.84. The summed E-state index contributed by atoms with van der Waals surface area (Å²) in [6, 6.07) is 15.2. The molecule has 1 N–H and O–H groups in total. The summed E-state index contributed by atoms with van der Waals surface area (Å²) in [6.07, 6.45) is 4.26. The first kappa shape index (κ1) is 17.0. The summed E-state index contributed by atoms with van der Waals surface area (Å²) >= 11 is 0. The van der Waals surface area contributed by atoms with Crippen LogP contribution in [0.5, 0.6) is 0 Å². The third-order valence-electron chi connectivity index (χ3n) is 5.14. The van der Waals surface area contributed by atoms with Gasteiger partial charge in [0.25, 0.3) is 0 Å². The number of hydrogen-bond donors (Lipinski definition) is 1. The van der Waals surface area contributed by atoms with Crippen LogP contribution in [0.1, 0.15) is 31.2 Å². The molecule has 0 aliphatic carbocycles. The van der Waals surface area contributed by atoms with Crippen molar-refractivity contribution in [3.63, 3.8) is 0 Å². The molecule has 0 bridgehead atoms. The predicted octanol–water partition coefficient (Wildman–Crippen LogP) is 2.81. The van der Waals surface area contributed by atoms with Gasteiger partial charge in [-0.3, -0.25) is 0 Å². The predicted molar refractivity (Wildman–Crippen MR) is 103 cm³/mol. The molecule has 1 aliphatic rings. The lowest BCUT2D eigenvalue weighted by Crippen LogP contribution is -2.40. The van der Waals surface area contributed by atoms with Crippen LogP contribution in [0.3, 0.4) is 0 Å². The van der Waals surface area contributed by atoms with E-state index >= 15 is 0 Å². The number of rotatable bonds is 6.